The molecule has 0 radical (unpaired) electrons. The van der Waals surface area contributed by atoms with Crippen LogP contribution in [0.15, 0.2) is 31.0 Å². The van der Waals surface area contributed by atoms with Crippen LogP contribution in [0.1, 0.15) is 42.7 Å². The molecule has 7 rings (SSSR count). The lowest BCUT2D eigenvalue weighted by Crippen LogP contribution is -2.55. The summed E-state index contributed by atoms with van der Waals surface area (Å²) in [5.74, 6) is 0.00498. The summed E-state index contributed by atoms with van der Waals surface area (Å²) >= 11 is 0. The number of hydrogen-bond acceptors (Lipinski definition) is 8. The van der Waals surface area contributed by atoms with Gasteiger partial charge in [-0.25, -0.2) is 8.78 Å². The summed E-state index contributed by atoms with van der Waals surface area (Å²) in [5.41, 5.74) is 2.35. The van der Waals surface area contributed by atoms with Crippen molar-refractivity contribution in [2.45, 2.75) is 50.1 Å². The van der Waals surface area contributed by atoms with E-state index in [-0.39, 0.29) is 47.3 Å². The van der Waals surface area contributed by atoms with Gasteiger partial charge < -0.3 is 19.4 Å². The van der Waals surface area contributed by atoms with Gasteiger partial charge in [-0.05, 0) is 80.4 Å². The number of amides is 1. The fraction of sp³-hybridized carbons (Fsp3) is 0.469. The minimum absolute atomic E-state index is 0.0610. The summed E-state index contributed by atoms with van der Waals surface area (Å²) < 4.78 is 37.4. The molecule has 1 saturated carbocycles. The second-order valence-electron chi connectivity index (χ2n) is 12.1. The molecule has 0 bridgehead atoms. The Labute approximate surface area is 248 Å². The van der Waals surface area contributed by atoms with Crippen molar-refractivity contribution in [1.29, 1.82) is 5.26 Å². The van der Waals surface area contributed by atoms with E-state index in [9.17, 15) is 14.4 Å². The van der Waals surface area contributed by atoms with E-state index in [1.54, 1.807) is 17.2 Å². The molecule has 0 unspecified atom stereocenters. The van der Waals surface area contributed by atoms with E-state index in [1.165, 1.54) is 12.1 Å². The van der Waals surface area contributed by atoms with Gasteiger partial charge in [0.15, 0.2) is 5.82 Å². The van der Waals surface area contributed by atoms with Gasteiger partial charge in [0.2, 0.25) is 5.91 Å². The van der Waals surface area contributed by atoms with Crippen LogP contribution < -0.4 is 9.64 Å². The van der Waals surface area contributed by atoms with Gasteiger partial charge in [-0.3, -0.25) is 9.78 Å². The number of carbonyl (C=O) groups is 1. The summed E-state index contributed by atoms with van der Waals surface area (Å²) in [4.78, 5) is 32.1. The SMILES string of the molecule is C=CC(=O)N1CCN(c2nc(OC[C@@H]3CCCN3C)nc3c(F)c(-c4ccc(F)c5c4C[C@@H]4C[C@H]54)ncc23)C[C@@H]1CC#N. The third kappa shape index (κ3) is 4.78. The number of nitriles is 1. The van der Waals surface area contributed by atoms with Gasteiger partial charge in [-0.1, -0.05) is 6.58 Å². The molecule has 2 saturated heterocycles. The minimum atomic E-state index is -0.604. The zero-order valence-electron chi connectivity index (χ0n) is 24.1. The van der Waals surface area contributed by atoms with E-state index in [0.717, 1.165) is 37.8 Å². The molecule has 11 heteroatoms. The largest absolute Gasteiger partial charge is 0.462 e. The number of benzene rings is 1. The van der Waals surface area contributed by atoms with Crippen molar-refractivity contribution in [1.82, 2.24) is 24.8 Å². The summed E-state index contributed by atoms with van der Waals surface area (Å²) in [6.45, 7) is 6.03. The topological polar surface area (TPSA) is 98.5 Å². The zero-order valence-corrected chi connectivity index (χ0v) is 24.1. The number of halogens is 2. The number of rotatable bonds is 7. The first-order valence-electron chi connectivity index (χ1n) is 14.9. The highest BCUT2D eigenvalue weighted by atomic mass is 19.1. The number of carbonyl (C=O) groups excluding carboxylic acids is 1. The average Bonchev–Trinajstić information content (AvgIpc) is 3.47. The van der Waals surface area contributed by atoms with Crippen LogP contribution in [0.5, 0.6) is 6.01 Å². The summed E-state index contributed by atoms with van der Waals surface area (Å²) in [7, 11) is 2.05. The Hall–Kier alpha value is -4.17. The van der Waals surface area contributed by atoms with Crippen LogP contribution in [0.4, 0.5) is 14.6 Å². The molecule has 2 aromatic heterocycles. The number of likely N-dealkylation sites (N-methyl/N-ethyl adjacent to an activating group) is 1. The van der Waals surface area contributed by atoms with E-state index in [1.807, 2.05) is 4.90 Å². The van der Waals surface area contributed by atoms with Crippen molar-refractivity contribution >= 4 is 22.6 Å². The molecule has 0 N–H and O–H groups in total. The lowest BCUT2D eigenvalue weighted by Gasteiger charge is -2.41. The van der Waals surface area contributed by atoms with E-state index in [4.69, 9.17) is 9.72 Å². The molecule has 2 aliphatic carbocycles. The summed E-state index contributed by atoms with van der Waals surface area (Å²) in [6.07, 6.45) is 6.73. The Bertz CT molecular complexity index is 1670. The molecule has 4 aliphatic rings. The third-order valence-electron chi connectivity index (χ3n) is 9.61. The predicted octanol–water partition coefficient (Wildman–Crippen LogP) is 4.22. The number of piperazine rings is 1. The maximum Gasteiger partial charge on any atom is 0.319 e. The van der Waals surface area contributed by atoms with E-state index < -0.39 is 11.9 Å². The van der Waals surface area contributed by atoms with Crippen LogP contribution in [0.2, 0.25) is 0 Å². The average molecular weight is 586 g/mol. The number of pyridine rings is 1. The van der Waals surface area contributed by atoms with E-state index in [0.29, 0.717) is 54.5 Å². The quantitative estimate of drug-likeness (QED) is 0.380. The van der Waals surface area contributed by atoms with Gasteiger partial charge in [-0.15, -0.1) is 0 Å². The second-order valence-corrected chi connectivity index (χ2v) is 12.1. The molecule has 3 aromatic rings. The highest BCUT2D eigenvalue weighted by Gasteiger charge is 2.48. The highest BCUT2D eigenvalue weighted by molar-refractivity contribution is 5.93. The van der Waals surface area contributed by atoms with Crippen molar-refractivity contribution in [3.05, 3.63) is 53.7 Å². The Morgan fingerprint density at radius 1 is 1.23 bits per heavy atom. The van der Waals surface area contributed by atoms with Crippen molar-refractivity contribution in [3.63, 3.8) is 0 Å². The fourth-order valence-corrected chi connectivity index (χ4v) is 7.18. The normalized spacial score (nSPS) is 24.5. The van der Waals surface area contributed by atoms with Crippen LogP contribution >= 0.6 is 0 Å². The number of likely N-dealkylation sites (tertiary alicyclic amines) is 1. The Morgan fingerprint density at radius 3 is 2.86 bits per heavy atom. The maximum absolute atomic E-state index is 16.5. The van der Waals surface area contributed by atoms with E-state index in [2.05, 4.69) is 34.6 Å². The molecule has 4 atom stereocenters. The number of nitrogens with zero attached hydrogens (tertiary/aromatic N) is 7. The standard InChI is InChI=1S/C32H33F2N7O2/c1-3-26(42)41-12-11-40(16-19(41)8-9-35)31-24-15-36-29(21-6-7-25(33)27-22-13-18(22)14-23(21)27)28(34)30(24)37-32(38-31)43-17-20-5-4-10-39(20)2/h3,6-7,15,18-20,22H,1,4-5,8,10-14,16-17H2,2H3/t18-,19-,20-,22-/m0/s1. The van der Waals surface area contributed by atoms with Crippen molar-refractivity contribution in [2.75, 3.05) is 44.7 Å². The Balaban J connectivity index is 1.30. The predicted molar refractivity (Wildman–Crippen MR) is 157 cm³/mol. The number of fused-ring (bicyclic) bond motifs is 4. The van der Waals surface area contributed by atoms with Crippen molar-refractivity contribution in [2.24, 2.45) is 5.92 Å². The molecular formula is C32H33F2N7O2. The number of hydrogen-bond donors (Lipinski definition) is 0. The first-order chi connectivity index (χ1) is 20.9. The van der Waals surface area contributed by atoms with Gasteiger partial charge in [0, 0.05) is 37.4 Å². The fourth-order valence-electron chi connectivity index (χ4n) is 7.18. The van der Waals surface area contributed by atoms with Gasteiger partial charge in [-0.2, -0.15) is 15.2 Å². The smallest absolute Gasteiger partial charge is 0.319 e. The number of aromatic nitrogens is 3. The molecular weight excluding hydrogens is 552 g/mol. The Kier molecular flexibility index (Phi) is 6.96. The first kappa shape index (κ1) is 27.7. The molecule has 9 nitrogen and oxygen atoms in total. The van der Waals surface area contributed by atoms with Gasteiger partial charge in [0.25, 0.3) is 0 Å². The maximum atomic E-state index is 16.5. The van der Waals surface area contributed by atoms with Gasteiger partial charge in [0.05, 0.1) is 23.9 Å². The number of anilines is 1. The molecule has 1 aromatic carbocycles. The van der Waals surface area contributed by atoms with Crippen LogP contribution in [0, 0.1) is 28.9 Å². The lowest BCUT2D eigenvalue weighted by atomic mass is 9.96. The first-order valence-corrected chi connectivity index (χ1v) is 14.9. The van der Waals surface area contributed by atoms with Gasteiger partial charge in [0.1, 0.15) is 29.5 Å². The lowest BCUT2D eigenvalue weighted by molar-refractivity contribution is -0.128. The molecule has 222 valence electrons. The van der Waals surface area contributed by atoms with Crippen molar-refractivity contribution < 1.29 is 18.3 Å². The summed E-state index contributed by atoms with van der Waals surface area (Å²) in [5, 5.41) is 9.88. The minimum Gasteiger partial charge on any atom is -0.462 e. The molecule has 2 aliphatic heterocycles. The van der Waals surface area contributed by atoms with Crippen LogP contribution in [0.25, 0.3) is 22.2 Å². The molecule has 0 spiro atoms. The molecule has 4 heterocycles. The number of ether oxygens (including phenoxy) is 1. The zero-order chi connectivity index (χ0) is 29.8. The molecule has 43 heavy (non-hydrogen) atoms. The van der Waals surface area contributed by atoms with Crippen LogP contribution in [0.3, 0.4) is 0 Å². The van der Waals surface area contributed by atoms with E-state index >= 15 is 4.39 Å². The molecule has 3 fully saturated rings. The van der Waals surface area contributed by atoms with Crippen LogP contribution in [-0.2, 0) is 11.2 Å². The molecule has 1 amide bonds. The second kappa shape index (κ2) is 10.8. The highest BCUT2D eigenvalue weighted by Crippen LogP contribution is 2.58. The monoisotopic (exact) mass is 585 g/mol. The van der Waals surface area contributed by atoms with Gasteiger partial charge >= 0.3 is 6.01 Å². The Morgan fingerprint density at radius 2 is 2.09 bits per heavy atom. The summed E-state index contributed by atoms with van der Waals surface area (Å²) in [6, 6.07) is 5.08. The third-order valence-corrected chi connectivity index (χ3v) is 9.61. The van der Waals surface area contributed by atoms with Crippen LogP contribution in [-0.4, -0.2) is 82.6 Å². The van der Waals surface area contributed by atoms with Crippen molar-refractivity contribution in [3.8, 4) is 23.3 Å².